The summed E-state index contributed by atoms with van der Waals surface area (Å²) in [6, 6.07) is 4.36. The molecule has 0 spiro atoms. The molecule has 0 aliphatic heterocycles. The van der Waals surface area contributed by atoms with Crippen LogP contribution in [-0.4, -0.2) is 23.5 Å². The zero-order valence-corrected chi connectivity index (χ0v) is 13.2. The first kappa shape index (κ1) is 13.0. The molecule has 0 bridgehead atoms. The molecule has 0 amide bonds. The SMILES string of the molecule is CN(C)c1ccn2c(C3CCCCC3)nc(Br)c2c1. The molecule has 0 aromatic carbocycles. The van der Waals surface area contributed by atoms with Gasteiger partial charge in [0.15, 0.2) is 0 Å². The average Bonchev–Trinajstić information content (AvgIpc) is 2.77. The first-order valence-electron chi connectivity index (χ1n) is 7.01. The fourth-order valence-electron chi connectivity index (χ4n) is 2.99. The Morgan fingerprint density at radius 3 is 2.68 bits per heavy atom. The summed E-state index contributed by atoms with van der Waals surface area (Å²) in [7, 11) is 4.14. The number of halogens is 1. The van der Waals surface area contributed by atoms with Crippen LogP contribution in [0.5, 0.6) is 0 Å². The molecule has 2 aromatic heterocycles. The van der Waals surface area contributed by atoms with Gasteiger partial charge in [0.1, 0.15) is 10.4 Å². The summed E-state index contributed by atoms with van der Waals surface area (Å²) in [6.45, 7) is 0. The van der Waals surface area contributed by atoms with Gasteiger partial charge in [0.05, 0.1) is 5.52 Å². The molecular formula is C15H20BrN3. The predicted octanol–water partition coefficient (Wildman–Crippen LogP) is 4.21. The van der Waals surface area contributed by atoms with Crippen molar-refractivity contribution >= 4 is 27.1 Å². The number of hydrogen-bond acceptors (Lipinski definition) is 2. The molecule has 0 saturated heterocycles. The lowest BCUT2D eigenvalue weighted by Gasteiger charge is -2.20. The van der Waals surface area contributed by atoms with Crippen molar-refractivity contribution in [2.24, 2.45) is 0 Å². The van der Waals surface area contributed by atoms with Gasteiger partial charge < -0.3 is 9.30 Å². The average molecular weight is 322 g/mol. The molecule has 3 rings (SSSR count). The van der Waals surface area contributed by atoms with Crippen molar-refractivity contribution in [1.82, 2.24) is 9.38 Å². The minimum absolute atomic E-state index is 0.623. The summed E-state index contributed by atoms with van der Waals surface area (Å²) in [5, 5.41) is 0. The van der Waals surface area contributed by atoms with Crippen molar-refractivity contribution in [3.63, 3.8) is 0 Å². The first-order valence-corrected chi connectivity index (χ1v) is 7.81. The largest absolute Gasteiger partial charge is 0.378 e. The molecule has 2 aromatic rings. The van der Waals surface area contributed by atoms with Gasteiger partial charge in [0, 0.05) is 31.9 Å². The Kier molecular flexibility index (Phi) is 3.52. The van der Waals surface area contributed by atoms with Crippen LogP contribution in [0.3, 0.4) is 0 Å². The second-order valence-corrected chi connectivity index (χ2v) is 6.38. The van der Waals surface area contributed by atoms with Crippen LogP contribution in [0.25, 0.3) is 5.52 Å². The second-order valence-electron chi connectivity index (χ2n) is 5.63. The van der Waals surface area contributed by atoms with E-state index >= 15 is 0 Å². The molecule has 0 atom stereocenters. The van der Waals surface area contributed by atoms with Crippen LogP contribution in [-0.2, 0) is 0 Å². The molecule has 102 valence electrons. The minimum atomic E-state index is 0.623. The maximum absolute atomic E-state index is 4.77. The monoisotopic (exact) mass is 321 g/mol. The number of nitrogens with zero attached hydrogens (tertiary/aromatic N) is 3. The lowest BCUT2D eigenvalue weighted by molar-refractivity contribution is 0.427. The molecular weight excluding hydrogens is 302 g/mol. The Morgan fingerprint density at radius 1 is 1.26 bits per heavy atom. The van der Waals surface area contributed by atoms with Gasteiger partial charge >= 0.3 is 0 Å². The van der Waals surface area contributed by atoms with Gasteiger partial charge in [-0.2, -0.15) is 0 Å². The minimum Gasteiger partial charge on any atom is -0.378 e. The van der Waals surface area contributed by atoms with Crippen LogP contribution in [0.1, 0.15) is 43.8 Å². The Balaban J connectivity index is 2.06. The second kappa shape index (κ2) is 5.16. The van der Waals surface area contributed by atoms with Crippen molar-refractivity contribution in [3.05, 3.63) is 28.8 Å². The fourth-order valence-corrected chi connectivity index (χ4v) is 3.47. The molecule has 2 heterocycles. The lowest BCUT2D eigenvalue weighted by Crippen LogP contribution is -2.10. The summed E-state index contributed by atoms with van der Waals surface area (Å²) in [4.78, 5) is 6.90. The highest BCUT2D eigenvalue weighted by Crippen LogP contribution is 2.34. The van der Waals surface area contributed by atoms with Gasteiger partial charge in [-0.25, -0.2) is 4.98 Å². The number of anilines is 1. The van der Waals surface area contributed by atoms with E-state index in [0.29, 0.717) is 5.92 Å². The quantitative estimate of drug-likeness (QED) is 0.825. The predicted molar refractivity (Wildman–Crippen MR) is 83.0 cm³/mol. The molecule has 3 nitrogen and oxygen atoms in total. The Labute approximate surface area is 122 Å². The van der Waals surface area contributed by atoms with Gasteiger partial charge in [-0.15, -0.1) is 0 Å². The van der Waals surface area contributed by atoms with E-state index in [1.165, 1.54) is 49.1 Å². The van der Waals surface area contributed by atoms with E-state index < -0.39 is 0 Å². The summed E-state index contributed by atoms with van der Waals surface area (Å²) in [5.41, 5.74) is 2.38. The summed E-state index contributed by atoms with van der Waals surface area (Å²) >= 11 is 3.62. The van der Waals surface area contributed by atoms with Crippen LogP contribution < -0.4 is 4.90 Å². The van der Waals surface area contributed by atoms with Gasteiger partial charge in [0.25, 0.3) is 0 Å². The third-order valence-corrected chi connectivity index (χ3v) is 4.68. The third kappa shape index (κ3) is 2.38. The highest BCUT2D eigenvalue weighted by Gasteiger charge is 2.21. The maximum Gasteiger partial charge on any atom is 0.132 e. The van der Waals surface area contributed by atoms with Crippen molar-refractivity contribution in [2.45, 2.75) is 38.0 Å². The van der Waals surface area contributed by atoms with Gasteiger partial charge in [-0.3, -0.25) is 0 Å². The smallest absolute Gasteiger partial charge is 0.132 e. The van der Waals surface area contributed by atoms with Crippen LogP contribution in [0.15, 0.2) is 22.9 Å². The molecule has 1 fully saturated rings. The van der Waals surface area contributed by atoms with Gasteiger partial charge in [0.2, 0.25) is 0 Å². The first-order chi connectivity index (χ1) is 9.16. The molecule has 0 unspecified atom stereocenters. The fraction of sp³-hybridized carbons (Fsp3) is 0.533. The van der Waals surface area contributed by atoms with E-state index in [2.05, 4.69) is 57.7 Å². The van der Waals surface area contributed by atoms with Crippen molar-refractivity contribution in [3.8, 4) is 0 Å². The number of hydrogen-bond donors (Lipinski definition) is 0. The zero-order chi connectivity index (χ0) is 13.4. The standard InChI is InChI=1S/C15H20BrN3/c1-18(2)12-8-9-19-13(10-12)14(16)17-15(19)11-6-4-3-5-7-11/h8-11H,3-7H2,1-2H3. The van der Waals surface area contributed by atoms with Crippen molar-refractivity contribution in [1.29, 1.82) is 0 Å². The number of aromatic nitrogens is 2. The zero-order valence-electron chi connectivity index (χ0n) is 11.6. The summed E-state index contributed by atoms with van der Waals surface area (Å²) in [6.07, 6.45) is 8.78. The van der Waals surface area contributed by atoms with Crippen molar-refractivity contribution < 1.29 is 0 Å². The van der Waals surface area contributed by atoms with Gasteiger partial charge in [-0.1, -0.05) is 19.3 Å². The third-order valence-electron chi connectivity index (χ3n) is 4.10. The van der Waals surface area contributed by atoms with E-state index in [9.17, 15) is 0 Å². The summed E-state index contributed by atoms with van der Waals surface area (Å²) in [5.74, 6) is 1.85. The van der Waals surface area contributed by atoms with Crippen LogP contribution in [0.4, 0.5) is 5.69 Å². The number of fused-ring (bicyclic) bond motifs is 1. The topological polar surface area (TPSA) is 20.5 Å². The normalized spacial score (nSPS) is 17.0. The molecule has 1 aliphatic rings. The number of imidazole rings is 1. The van der Waals surface area contributed by atoms with E-state index in [4.69, 9.17) is 4.98 Å². The Bertz CT molecular complexity index is 582. The maximum atomic E-state index is 4.77. The van der Waals surface area contributed by atoms with E-state index in [1.807, 2.05) is 0 Å². The van der Waals surface area contributed by atoms with E-state index in [0.717, 1.165) is 4.60 Å². The molecule has 1 saturated carbocycles. The van der Waals surface area contributed by atoms with Gasteiger partial charge in [-0.05, 0) is 40.9 Å². The van der Waals surface area contributed by atoms with Crippen LogP contribution in [0, 0.1) is 0 Å². The highest BCUT2D eigenvalue weighted by molar-refractivity contribution is 9.10. The molecule has 4 heteroatoms. The molecule has 0 radical (unpaired) electrons. The highest BCUT2D eigenvalue weighted by atomic mass is 79.9. The lowest BCUT2D eigenvalue weighted by atomic mass is 9.89. The van der Waals surface area contributed by atoms with E-state index in [1.54, 1.807) is 0 Å². The molecule has 0 N–H and O–H groups in total. The van der Waals surface area contributed by atoms with E-state index in [-0.39, 0.29) is 0 Å². The summed E-state index contributed by atoms with van der Waals surface area (Å²) < 4.78 is 3.23. The molecule has 1 aliphatic carbocycles. The number of pyridine rings is 1. The van der Waals surface area contributed by atoms with Crippen LogP contribution in [0.2, 0.25) is 0 Å². The Hall–Kier alpha value is -1.03. The Morgan fingerprint density at radius 2 is 2.00 bits per heavy atom. The number of rotatable bonds is 2. The van der Waals surface area contributed by atoms with Crippen LogP contribution >= 0.6 is 15.9 Å². The van der Waals surface area contributed by atoms with Crippen molar-refractivity contribution in [2.75, 3.05) is 19.0 Å². The molecule has 19 heavy (non-hydrogen) atoms.